The number of aromatic nitrogens is 6. The minimum atomic E-state index is -0.0418. The van der Waals surface area contributed by atoms with Gasteiger partial charge in [-0.2, -0.15) is 15.3 Å². The van der Waals surface area contributed by atoms with Crippen molar-refractivity contribution in [3.8, 4) is 11.1 Å². The lowest BCUT2D eigenvalue weighted by atomic mass is 10.0. The highest BCUT2D eigenvalue weighted by Crippen LogP contribution is 2.25. The lowest BCUT2D eigenvalue weighted by molar-refractivity contribution is -0.0402. The number of nitrogens with one attached hydrogen (secondary N) is 2. The number of aromatic amines is 2. The molecule has 0 radical (unpaired) electrons. The van der Waals surface area contributed by atoms with E-state index >= 15 is 0 Å². The normalized spacial score (nSPS) is 16.5. The molecule has 0 spiro atoms. The van der Waals surface area contributed by atoms with Gasteiger partial charge >= 0.3 is 0 Å². The summed E-state index contributed by atoms with van der Waals surface area (Å²) in [5, 5.41) is 19.4. The Hall–Kier alpha value is -4.08. The Morgan fingerprint density at radius 2 is 2.00 bits per heavy atom. The van der Waals surface area contributed by atoms with Gasteiger partial charge in [-0.1, -0.05) is 36.4 Å². The number of H-pyrrole nitrogens is 2. The molecule has 1 atom stereocenters. The van der Waals surface area contributed by atoms with Crippen LogP contribution in [0.5, 0.6) is 0 Å². The monoisotopic (exact) mass is 481 g/mol. The van der Waals surface area contributed by atoms with Gasteiger partial charge in [0.25, 0.3) is 0 Å². The van der Waals surface area contributed by atoms with Crippen LogP contribution < -0.4 is 0 Å². The van der Waals surface area contributed by atoms with Gasteiger partial charge in [0.1, 0.15) is 5.69 Å². The summed E-state index contributed by atoms with van der Waals surface area (Å²) in [4.78, 5) is 15.5. The maximum absolute atomic E-state index is 13.1. The summed E-state index contributed by atoms with van der Waals surface area (Å²) >= 11 is 0. The number of nitrogens with zero attached hydrogens (tertiary/aromatic N) is 5. The van der Waals surface area contributed by atoms with E-state index in [0.717, 1.165) is 47.2 Å². The molecule has 9 heteroatoms. The van der Waals surface area contributed by atoms with Crippen molar-refractivity contribution < 1.29 is 9.53 Å². The summed E-state index contributed by atoms with van der Waals surface area (Å²) in [5.74, 6) is -0.0418. The van der Waals surface area contributed by atoms with Crippen LogP contribution >= 0.6 is 0 Å². The molecular weight excluding hydrogens is 454 g/mol. The van der Waals surface area contributed by atoms with E-state index < -0.39 is 0 Å². The zero-order chi connectivity index (χ0) is 24.3. The number of ketones is 1. The van der Waals surface area contributed by atoms with Gasteiger partial charge in [-0.25, -0.2) is 0 Å². The molecule has 1 unspecified atom stereocenters. The fraction of sp³-hybridized carbons (Fsp3) is 0.259. The van der Waals surface area contributed by atoms with Gasteiger partial charge in [-0.3, -0.25) is 24.6 Å². The molecule has 0 amide bonds. The van der Waals surface area contributed by atoms with E-state index in [-0.39, 0.29) is 18.3 Å². The molecule has 2 N–H and O–H groups in total. The molecular formula is C27H27N7O2. The predicted octanol–water partition coefficient (Wildman–Crippen LogP) is 3.48. The maximum atomic E-state index is 13.1. The number of morpholine rings is 1. The molecule has 6 rings (SSSR count). The highest BCUT2D eigenvalue weighted by Gasteiger charge is 2.22. The van der Waals surface area contributed by atoms with Crippen LogP contribution in [0.3, 0.4) is 0 Å². The van der Waals surface area contributed by atoms with E-state index in [0.29, 0.717) is 18.8 Å². The molecule has 1 aliphatic rings. The third kappa shape index (κ3) is 4.84. The van der Waals surface area contributed by atoms with Crippen molar-refractivity contribution in [2.75, 3.05) is 19.7 Å². The zero-order valence-corrected chi connectivity index (χ0v) is 19.8. The van der Waals surface area contributed by atoms with Gasteiger partial charge in [-0.15, -0.1) is 0 Å². The first kappa shape index (κ1) is 22.4. The molecule has 0 aliphatic carbocycles. The van der Waals surface area contributed by atoms with Gasteiger partial charge in [0.05, 0.1) is 37.2 Å². The molecule has 2 aromatic carbocycles. The molecule has 1 fully saturated rings. The number of fused-ring (bicyclic) bond motifs is 1. The Labute approximate surface area is 208 Å². The van der Waals surface area contributed by atoms with Gasteiger partial charge in [0.15, 0.2) is 5.78 Å². The summed E-state index contributed by atoms with van der Waals surface area (Å²) in [5.41, 5.74) is 5.43. The molecule has 5 aromatic rings. The van der Waals surface area contributed by atoms with Crippen LogP contribution in [0.15, 0.2) is 73.3 Å². The number of benzene rings is 2. The summed E-state index contributed by atoms with van der Waals surface area (Å²) in [6, 6.07) is 16.4. The van der Waals surface area contributed by atoms with Crippen molar-refractivity contribution in [3.63, 3.8) is 0 Å². The summed E-state index contributed by atoms with van der Waals surface area (Å²) < 4.78 is 7.87. The SMILES string of the molecule is O=C(Cc1cnn(CC2CN(Cc3ccccc3)CCO2)c1)c1n[nH]c2cc(-c3cn[nH]c3)ccc12. The van der Waals surface area contributed by atoms with Crippen molar-refractivity contribution in [2.24, 2.45) is 0 Å². The smallest absolute Gasteiger partial charge is 0.188 e. The van der Waals surface area contributed by atoms with Crippen LogP contribution in [-0.4, -0.2) is 66.7 Å². The molecule has 0 bridgehead atoms. The Morgan fingerprint density at radius 1 is 1.08 bits per heavy atom. The first-order valence-corrected chi connectivity index (χ1v) is 12.1. The lowest BCUT2D eigenvalue weighted by Crippen LogP contribution is -2.43. The predicted molar refractivity (Wildman–Crippen MR) is 135 cm³/mol. The number of carbonyl (C=O) groups excluding carboxylic acids is 1. The van der Waals surface area contributed by atoms with Crippen LogP contribution in [0.4, 0.5) is 0 Å². The molecule has 1 aliphatic heterocycles. The van der Waals surface area contributed by atoms with Crippen molar-refractivity contribution in [2.45, 2.75) is 25.6 Å². The average molecular weight is 482 g/mol. The summed E-state index contributed by atoms with van der Waals surface area (Å²) in [7, 11) is 0. The van der Waals surface area contributed by atoms with Crippen molar-refractivity contribution in [1.82, 2.24) is 35.1 Å². The second-order valence-corrected chi connectivity index (χ2v) is 9.20. The highest BCUT2D eigenvalue weighted by molar-refractivity contribution is 6.07. The van der Waals surface area contributed by atoms with Crippen molar-refractivity contribution >= 4 is 16.7 Å². The quantitative estimate of drug-likeness (QED) is 0.329. The van der Waals surface area contributed by atoms with Gasteiger partial charge in [0, 0.05) is 49.4 Å². The Morgan fingerprint density at radius 3 is 2.86 bits per heavy atom. The molecule has 0 saturated carbocycles. The largest absolute Gasteiger partial charge is 0.374 e. The van der Waals surface area contributed by atoms with E-state index in [4.69, 9.17) is 4.74 Å². The summed E-state index contributed by atoms with van der Waals surface area (Å²) in [6.45, 7) is 4.05. The lowest BCUT2D eigenvalue weighted by Gasteiger charge is -2.32. The molecule has 4 heterocycles. The number of hydrogen-bond acceptors (Lipinski definition) is 6. The van der Waals surface area contributed by atoms with Crippen LogP contribution in [-0.2, 0) is 24.2 Å². The number of ether oxygens (including phenoxy) is 1. The molecule has 9 nitrogen and oxygen atoms in total. The minimum absolute atomic E-state index is 0.0418. The fourth-order valence-corrected chi connectivity index (χ4v) is 4.77. The van der Waals surface area contributed by atoms with E-state index in [9.17, 15) is 4.79 Å². The topological polar surface area (TPSA) is 105 Å². The number of rotatable bonds is 8. The highest BCUT2D eigenvalue weighted by atomic mass is 16.5. The third-order valence-electron chi connectivity index (χ3n) is 6.57. The Bertz CT molecular complexity index is 1460. The van der Waals surface area contributed by atoms with Crippen molar-refractivity contribution in [3.05, 3.63) is 90.1 Å². The average Bonchev–Trinajstić information content (AvgIpc) is 3.66. The zero-order valence-electron chi connectivity index (χ0n) is 19.8. The fourth-order valence-electron chi connectivity index (χ4n) is 4.77. The van der Waals surface area contributed by atoms with Gasteiger partial charge in [-0.05, 0) is 28.8 Å². The van der Waals surface area contributed by atoms with Crippen LogP contribution in [0.25, 0.3) is 22.0 Å². The molecule has 36 heavy (non-hydrogen) atoms. The van der Waals surface area contributed by atoms with E-state index in [1.807, 2.05) is 41.3 Å². The second kappa shape index (κ2) is 9.88. The number of Topliss-reactive ketones (excluding diaryl/α,β-unsaturated/α-hetero) is 1. The van der Waals surface area contributed by atoms with E-state index in [1.165, 1.54) is 5.56 Å². The summed E-state index contributed by atoms with van der Waals surface area (Å²) in [6.07, 6.45) is 7.60. The maximum Gasteiger partial charge on any atom is 0.188 e. The van der Waals surface area contributed by atoms with Crippen LogP contribution in [0.2, 0.25) is 0 Å². The van der Waals surface area contributed by atoms with Crippen LogP contribution in [0, 0.1) is 0 Å². The number of carbonyl (C=O) groups is 1. The third-order valence-corrected chi connectivity index (χ3v) is 6.57. The van der Waals surface area contributed by atoms with Gasteiger partial charge < -0.3 is 4.74 Å². The number of hydrogen-bond donors (Lipinski definition) is 2. The van der Waals surface area contributed by atoms with Crippen LogP contribution in [0.1, 0.15) is 21.6 Å². The standard InChI is InChI=1S/C27H27N7O2/c35-26(27-24-7-6-21(11-25(24)31-32-27)22-13-28-29-14-22)10-20-12-30-34(16-20)18-23-17-33(8-9-36-23)15-19-4-2-1-3-5-19/h1-7,11-14,16,23H,8-10,15,17-18H2,(H,28,29)(H,31,32). The Kier molecular flexibility index (Phi) is 6.15. The Balaban J connectivity index is 1.08. The first-order valence-electron chi connectivity index (χ1n) is 12.1. The molecule has 182 valence electrons. The minimum Gasteiger partial charge on any atom is -0.374 e. The van der Waals surface area contributed by atoms with Gasteiger partial charge in [0.2, 0.25) is 0 Å². The van der Waals surface area contributed by atoms with Crippen molar-refractivity contribution in [1.29, 1.82) is 0 Å². The second-order valence-electron chi connectivity index (χ2n) is 9.20. The first-order chi connectivity index (χ1) is 17.7. The van der Waals surface area contributed by atoms with E-state index in [1.54, 1.807) is 12.4 Å². The molecule has 3 aromatic heterocycles. The van der Waals surface area contributed by atoms with E-state index in [2.05, 4.69) is 54.7 Å². The molecule has 1 saturated heterocycles.